The maximum absolute atomic E-state index is 13.0. The monoisotopic (exact) mass is 440 g/mol. The van der Waals surface area contributed by atoms with Gasteiger partial charge in [0.1, 0.15) is 0 Å². The van der Waals surface area contributed by atoms with Gasteiger partial charge in [-0.3, -0.25) is 19.6 Å². The molecule has 4 rings (SSSR count). The topological polar surface area (TPSA) is 84.0 Å². The average Bonchev–Trinajstić information content (AvgIpc) is 2.82. The fourth-order valence-corrected chi connectivity index (χ4v) is 4.09. The zero-order chi connectivity index (χ0) is 23.4. The number of aryl methyl sites for hydroxylation is 2. The lowest BCUT2D eigenvalue weighted by atomic mass is 10.1. The second-order valence-electron chi connectivity index (χ2n) is 8.28. The van der Waals surface area contributed by atoms with Gasteiger partial charge >= 0.3 is 0 Å². The lowest BCUT2D eigenvalue weighted by molar-refractivity contribution is 0.0934. The molecule has 6 nitrogen and oxygen atoms in total. The summed E-state index contributed by atoms with van der Waals surface area (Å²) in [6.07, 6.45) is 1.40. The molecular weight excluding hydrogens is 412 g/mol. The number of nitrogens with zero attached hydrogens (tertiary/aromatic N) is 2. The van der Waals surface area contributed by atoms with Crippen LogP contribution >= 0.6 is 0 Å². The number of rotatable bonds is 7. The number of amides is 2. The number of hydrogen-bond donors (Lipinski definition) is 2. The van der Waals surface area contributed by atoms with Crippen molar-refractivity contribution < 1.29 is 9.59 Å². The van der Waals surface area contributed by atoms with Crippen molar-refractivity contribution in [2.45, 2.75) is 39.7 Å². The van der Waals surface area contributed by atoms with E-state index in [0.717, 1.165) is 39.6 Å². The standard InChI is InChI=1S/C27H28N4O2/c1-4-19(31-27(33)23-16-18(3)30-25-12-8-6-10-21(23)25)13-14-28-26(32)22-15-17(2)29-24-11-7-5-9-20(22)24/h5-12,15-16,19H,4,13-14H2,1-3H3,(H,28,32)(H,31,33). The number of para-hydroxylation sites is 2. The van der Waals surface area contributed by atoms with Crippen LogP contribution < -0.4 is 10.6 Å². The summed E-state index contributed by atoms with van der Waals surface area (Å²) in [7, 11) is 0. The number of carbonyl (C=O) groups excluding carboxylic acids is 2. The Balaban J connectivity index is 1.42. The minimum atomic E-state index is -0.131. The van der Waals surface area contributed by atoms with E-state index in [0.29, 0.717) is 24.1 Å². The Labute approximate surface area is 193 Å². The molecule has 1 atom stereocenters. The minimum absolute atomic E-state index is 0.0547. The summed E-state index contributed by atoms with van der Waals surface area (Å²) in [4.78, 5) is 34.9. The molecule has 33 heavy (non-hydrogen) atoms. The van der Waals surface area contributed by atoms with Crippen molar-refractivity contribution in [3.05, 3.63) is 83.2 Å². The predicted molar refractivity (Wildman–Crippen MR) is 131 cm³/mol. The van der Waals surface area contributed by atoms with Gasteiger partial charge in [0.05, 0.1) is 22.2 Å². The van der Waals surface area contributed by atoms with Gasteiger partial charge in [0.25, 0.3) is 11.8 Å². The zero-order valence-corrected chi connectivity index (χ0v) is 19.2. The highest BCUT2D eigenvalue weighted by molar-refractivity contribution is 6.07. The largest absolute Gasteiger partial charge is 0.352 e. The van der Waals surface area contributed by atoms with E-state index in [2.05, 4.69) is 20.6 Å². The Morgan fingerprint density at radius 2 is 1.33 bits per heavy atom. The number of carbonyl (C=O) groups is 2. The molecule has 0 spiro atoms. The molecule has 1 unspecified atom stereocenters. The lowest BCUT2D eigenvalue weighted by Crippen LogP contribution is -2.37. The molecule has 0 aliphatic heterocycles. The van der Waals surface area contributed by atoms with Gasteiger partial charge in [-0.05, 0) is 51.0 Å². The fourth-order valence-electron chi connectivity index (χ4n) is 4.09. The number of aromatic nitrogens is 2. The van der Waals surface area contributed by atoms with Crippen molar-refractivity contribution in [1.82, 2.24) is 20.6 Å². The first kappa shape index (κ1) is 22.4. The van der Waals surface area contributed by atoms with Crippen LogP contribution in [0.25, 0.3) is 21.8 Å². The Morgan fingerprint density at radius 3 is 1.88 bits per heavy atom. The van der Waals surface area contributed by atoms with Crippen LogP contribution in [0.3, 0.4) is 0 Å². The Morgan fingerprint density at radius 1 is 0.818 bits per heavy atom. The van der Waals surface area contributed by atoms with Crippen LogP contribution in [0.1, 0.15) is 51.9 Å². The van der Waals surface area contributed by atoms with Gasteiger partial charge in [-0.1, -0.05) is 43.3 Å². The van der Waals surface area contributed by atoms with Gasteiger partial charge in [0.15, 0.2) is 0 Å². The van der Waals surface area contributed by atoms with Gasteiger partial charge in [0.2, 0.25) is 0 Å². The molecule has 6 heteroatoms. The van der Waals surface area contributed by atoms with E-state index in [-0.39, 0.29) is 17.9 Å². The van der Waals surface area contributed by atoms with Crippen molar-refractivity contribution in [3.63, 3.8) is 0 Å². The van der Waals surface area contributed by atoms with Crippen molar-refractivity contribution in [3.8, 4) is 0 Å². The van der Waals surface area contributed by atoms with Gasteiger partial charge in [-0.15, -0.1) is 0 Å². The first-order valence-corrected chi connectivity index (χ1v) is 11.3. The molecule has 0 fully saturated rings. The third-order valence-corrected chi connectivity index (χ3v) is 5.78. The van der Waals surface area contributed by atoms with E-state index >= 15 is 0 Å². The quantitative estimate of drug-likeness (QED) is 0.435. The molecule has 2 aromatic heterocycles. The van der Waals surface area contributed by atoms with E-state index in [1.807, 2.05) is 81.4 Å². The fraction of sp³-hybridized carbons (Fsp3) is 0.259. The molecule has 0 saturated heterocycles. The number of nitrogens with one attached hydrogen (secondary N) is 2. The molecule has 0 radical (unpaired) electrons. The molecule has 4 aromatic rings. The molecule has 2 amide bonds. The summed E-state index contributed by atoms with van der Waals surface area (Å²) >= 11 is 0. The number of pyridine rings is 2. The van der Waals surface area contributed by atoms with Crippen molar-refractivity contribution >= 4 is 33.6 Å². The smallest absolute Gasteiger partial charge is 0.252 e. The molecule has 0 bridgehead atoms. The lowest BCUT2D eigenvalue weighted by Gasteiger charge is -2.18. The first-order valence-electron chi connectivity index (χ1n) is 11.3. The second kappa shape index (κ2) is 9.77. The molecule has 0 aliphatic rings. The van der Waals surface area contributed by atoms with Crippen LogP contribution in [-0.4, -0.2) is 34.4 Å². The van der Waals surface area contributed by atoms with E-state index in [4.69, 9.17) is 0 Å². The predicted octanol–water partition coefficient (Wildman–Crippen LogP) is 4.73. The normalized spacial score (nSPS) is 12.0. The summed E-state index contributed by atoms with van der Waals surface area (Å²) in [6.45, 7) is 6.27. The Kier molecular flexibility index (Phi) is 6.63. The van der Waals surface area contributed by atoms with E-state index < -0.39 is 0 Å². The number of hydrogen-bond acceptors (Lipinski definition) is 4. The summed E-state index contributed by atoms with van der Waals surface area (Å²) in [5, 5.41) is 7.80. The second-order valence-corrected chi connectivity index (χ2v) is 8.28. The molecule has 0 saturated carbocycles. The summed E-state index contributed by atoms with van der Waals surface area (Å²) in [5.74, 6) is -0.251. The third kappa shape index (κ3) is 5.00. The van der Waals surface area contributed by atoms with Crippen molar-refractivity contribution in [2.75, 3.05) is 6.54 Å². The van der Waals surface area contributed by atoms with E-state index in [9.17, 15) is 9.59 Å². The third-order valence-electron chi connectivity index (χ3n) is 5.78. The van der Waals surface area contributed by atoms with Crippen LogP contribution in [0.4, 0.5) is 0 Å². The minimum Gasteiger partial charge on any atom is -0.352 e. The molecule has 168 valence electrons. The van der Waals surface area contributed by atoms with Crippen LogP contribution in [-0.2, 0) is 0 Å². The maximum atomic E-state index is 13.0. The summed E-state index contributed by atoms with van der Waals surface area (Å²) in [5.41, 5.74) is 4.47. The molecule has 2 N–H and O–H groups in total. The van der Waals surface area contributed by atoms with Crippen LogP contribution in [0.5, 0.6) is 0 Å². The highest BCUT2D eigenvalue weighted by Crippen LogP contribution is 2.19. The zero-order valence-electron chi connectivity index (χ0n) is 19.2. The molecule has 2 aromatic carbocycles. The van der Waals surface area contributed by atoms with Gasteiger partial charge in [-0.2, -0.15) is 0 Å². The van der Waals surface area contributed by atoms with Crippen molar-refractivity contribution in [2.24, 2.45) is 0 Å². The van der Waals surface area contributed by atoms with Crippen LogP contribution in [0.15, 0.2) is 60.7 Å². The average molecular weight is 441 g/mol. The number of benzene rings is 2. The Hall–Kier alpha value is -3.80. The van der Waals surface area contributed by atoms with Gasteiger partial charge in [0, 0.05) is 34.7 Å². The molecule has 0 aliphatic carbocycles. The van der Waals surface area contributed by atoms with E-state index in [1.54, 1.807) is 0 Å². The number of fused-ring (bicyclic) bond motifs is 2. The first-order chi connectivity index (χ1) is 16.0. The highest BCUT2D eigenvalue weighted by atomic mass is 16.2. The maximum Gasteiger partial charge on any atom is 0.252 e. The summed E-state index contributed by atoms with van der Waals surface area (Å²) < 4.78 is 0. The SMILES string of the molecule is CCC(CCNC(=O)c1cc(C)nc2ccccc12)NC(=O)c1cc(C)nc2ccccc12. The van der Waals surface area contributed by atoms with E-state index in [1.165, 1.54) is 0 Å². The van der Waals surface area contributed by atoms with Gasteiger partial charge in [-0.25, -0.2) is 0 Å². The van der Waals surface area contributed by atoms with Crippen LogP contribution in [0, 0.1) is 13.8 Å². The van der Waals surface area contributed by atoms with Gasteiger partial charge < -0.3 is 10.6 Å². The highest BCUT2D eigenvalue weighted by Gasteiger charge is 2.17. The molecule has 2 heterocycles. The summed E-state index contributed by atoms with van der Waals surface area (Å²) in [6, 6.07) is 18.9. The molecular formula is C27H28N4O2. The Bertz CT molecular complexity index is 1330. The van der Waals surface area contributed by atoms with Crippen LogP contribution in [0.2, 0.25) is 0 Å². The van der Waals surface area contributed by atoms with Crippen molar-refractivity contribution in [1.29, 1.82) is 0 Å².